The van der Waals surface area contributed by atoms with Crippen LogP contribution in [0.2, 0.25) is 0 Å². The molecule has 138 valence electrons. The minimum atomic E-state index is -2.93. The Morgan fingerprint density at radius 2 is 1.88 bits per heavy atom. The molecule has 0 aromatic heterocycles. The lowest BCUT2D eigenvalue weighted by Gasteiger charge is -2.23. The number of hydrogen-bond donors (Lipinski definition) is 0. The standard InChI is InChI=1S/C18H25FN2O3S/c19-17-4-2-15(3-5-17)13-20-7-1-8-21(10-9-20)18(22)12-16-6-11-25(23,24)14-16/h2-5,16H,1,6-14H2. The van der Waals surface area contributed by atoms with Crippen LogP contribution in [0.5, 0.6) is 0 Å². The van der Waals surface area contributed by atoms with Gasteiger partial charge in [-0.15, -0.1) is 0 Å². The van der Waals surface area contributed by atoms with Gasteiger partial charge in [-0.1, -0.05) is 12.1 Å². The zero-order valence-corrected chi connectivity index (χ0v) is 15.2. The van der Waals surface area contributed by atoms with Crippen LogP contribution in [-0.4, -0.2) is 61.8 Å². The third kappa shape index (κ3) is 5.25. The fourth-order valence-electron chi connectivity index (χ4n) is 3.64. The van der Waals surface area contributed by atoms with Gasteiger partial charge in [0.15, 0.2) is 9.84 Å². The summed E-state index contributed by atoms with van der Waals surface area (Å²) in [7, 11) is -2.93. The van der Waals surface area contributed by atoms with Crippen molar-refractivity contribution in [3.63, 3.8) is 0 Å². The Labute approximate surface area is 148 Å². The Hall–Kier alpha value is -1.47. The summed E-state index contributed by atoms with van der Waals surface area (Å²) in [4.78, 5) is 16.6. The first-order valence-corrected chi connectivity index (χ1v) is 10.7. The van der Waals surface area contributed by atoms with Gasteiger partial charge in [0.1, 0.15) is 5.82 Å². The molecule has 2 aliphatic rings. The molecule has 1 amide bonds. The molecule has 0 radical (unpaired) electrons. The highest BCUT2D eigenvalue weighted by Crippen LogP contribution is 2.22. The fourth-order valence-corrected chi connectivity index (χ4v) is 5.50. The van der Waals surface area contributed by atoms with E-state index in [9.17, 15) is 17.6 Å². The van der Waals surface area contributed by atoms with Gasteiger partial charge in [0.2, 0.25) is 5.91 Å². The third-order valence-electron chi connectivity index (χ3n) is 5.05. The summed E-state index contributed by atoms with van der Waals surface area (Å²) in [5.74, 6) is 0.201. The Kier molecular flexibility index (Phi) is 5.74. The third-order valence-corrected chi connectivity index (χ3v) is 6.89. The van der Waals surface area contributed by atoms with Gasteiger partial charge in [-0.05, 0) is 36.5 Å². The summed E-state index contributed by atoms with van der Waals surface area (Å²) >= 11 is 0. The van der Waals surface area contributed by atoms with Crippen molar-refractivity contribution in [2.24, 2.45) is 5.92 Å². The number of benzene rings is 1. The highest BCUT2D eigenvalue weighted by atomic mass is 32.2. The minimum absolute atomic E-state index is 0.0175. The van der Waals surface area contributed by atoms with E-state index in [1.807, 2.05) is 4.90 Å². The van der Waals surface area contributed by atoms with Gasteiger partial charge in [0.25, 0.3) is 0 Å². The van der Waals surface area contributed by atoms with Crippen LogP contribution < -0.4 is 0 Å². The molecule has 1 unspecified atom stereocenters. The molecule has 0 bridgehead atoms. The second-order valence-electron chi connectivity index (χ2n) is 7.11. The number of carbonyl (C=O) groups excluding carboxylic acids is 1. The molecular formula is C18H25FN2O3S. The average molecular weight is 368 g/mol. The second kappa shape index (κ2) is 7.83. The lowest BCUT2D eigenvalue weighted by Crippen LogP contribution is -2.36. The number of rotatable bonds is 4. The van der Waals surface area contributed by atoms with Gasteiger partial charge in [-0.3, -0.25) is 9.69 Å². The van der Waals surface area contributed by atoms with Gasteiger partial charge in [0.05, 0.1) is 11.5 Å². The molecule has 2 aliphatic heterocycles. The van der Waals surface area contributed by atoms with Crippen molar-refractivity contribution >= 4 is 15.7 Å². The molecule has 3 rings (SSSR count). The van der Waals surface area contributed by atoms with Crippen molar-refractivity contribution in [2.45, 2.75) is 25.8 Å². The largest absolute Gasteiger partial charge is 0.341 e. The molecule has 7 heteroatoms. The van der Waals surface area contributed by atoms with Crippen LogP contribution in [0.25, 0.3) is 0 Å². The van der Waals surface area contributed by atoms with E-state index in [1.165, 1.54) is 12.1 Å². The van der Waals surface area contributed by atoms with Crippen molar-refractivity contribution in [2.75, 3.05) is 37.7 Å². The quantitative estimate of drug-likeness (QED) is 0.811. The van der Waals surface area contributed by atoms with Crippen molar-refractivity contribution < 1.29 is 17.6 Å². The molecule has 1 aromatic carbocycles. The van der Waals surface area contributed by atoms with E-state index in [4.69, 9.17) is 0 Å². The first-order valence-electron chi connectivity index (χ1n) is 8.86. The van der Waals surface area contributed by atoms with Gasteiger partial charge in [-0.2, -0.15) is 0 Å². The Bertz CT molecular complexity index is 706. The zero-order chi connectivity index (χ0) is 17.9. The summed E-state index contributed by atoms with van der Waals surface area (Å²) in [6.45, 7) is 3.83. The SMILES string of the molecule is O=C(CC1CCS(=O)(=O)C1)N1CCCN(Cc2ccc(F)cc2)CC1. The number of amides is 1. The molecule has 1 atom stereocenters. The lowest BCUT2D eigenvalue weighted by molar-refractivity contribution is -0.131. The maximum atomic E-state index is 13.0. The second-order valence-corrected chi connectivity index (χ2v) is 9.34. The van der Waals surface area contributed by atoms with Crippen LogP contribution in [-0.2, 0) is 21.2 Å². The number of sulfone groups is 1. The maximum absolute atomic E-state index is 13.0. The lowest BCUT2D eigenvalue weighted by atomic mass is 10.0. The number of hydrogen-bond acceptors (Lipinski definition) is 4. The van der Waals surface area contributed by atoms with E-state index in [0.717, 1.165) is 38.2 Å². The first-order chi connectivity index (χ1) is 11.9. The van der Waals surface area contributed by atoms with E-state index < -0.39 is 9.84 Å². The smallest absolute Gasteiger partial charge is 0.222 e. The summed E-state index contributed by atoms with van der Waals surface area (Å²) in [5.41, 5.74) is 1.07. The van der Waals surface area contributed by atoms with Gasteiger partial charge < -0.3 is 4.90 Å². The summed E-state index contributed by atoms with van der Waals surface area (Å²) in [5, 5.41) is 0. The summed E-state index contributed by atoms with van der Waals surface area (Å²) < 4.78 is 36.1. The van der Waals surface area contributed by atoms with Crippen LogP contribution in [0.4, 0.5) is 4.39 Å². The molecule has 2 heterocycles. The van der Waals surface area contributed by atoms with E-state index in [0.29, 0.717) is 19.4 Å². The highest BCUT2D eigenvalue weighted by Gasteiger charge is 2.31. The predicted octanol–water partition coefficient (Wildman–Crippen LogP) is 1.68. The average Bonchev–Trinajstić information content (AvgIpc) is 2.77. The Morgan fingerprint density at radius 3 is 2.56 bits per heavy atom. The molecule has 0 aliphatic carbocycles. The number of carbonyl (C=O) groups is 1. The van der Waals surface area contributed by atoms with Crippen molar-refractivity contribution in [1.29, 1.82) is 0 Å². The van der Waals surface area contributed by atoms with E-state index in [1.54, 1.807) is 12.1 Å². The van der Waals surface area contributed by atoms with E-state index in [2.05, 4.69) is 4.90 Å². The molecule has 0 spiro atoms. The van der Waals surface area contributed by atoms with Gasteiger partial charge >= 0.3 is 0 Å². The zero-order valence-electron chi connectivity index (χ0n) is 14.4. The van der Waals surface area contributed by atoms with Crippen molar-refractivity contribution in [3.8, 4) is 0 Å². The van der Waals surface area contributed by atoms with Crippen LogP contribution >= 0.6 is 0 Å². The number of nitrogens with zero attached hydrogens (tertiary/aromatic N) is 2. The predicted molar refractivity (Wildman–Crippen MR) is 94.3 cm³/mol. The molecular weight excluding hydrogens is 343 g/mol. The summed E-state index contributed by atoms with van der Waals surface area (Å²) in [6.07, 6.45) is 1.85. The summed E-state index contributed by atoms with van der Waals surface area (Å²) in [6, 6.07) is 6.53. The van der Waals surface area contributed by atoms with Crippen LogP contribution in [0.1, 0.15) is 24.8 Å². The normalized spacial score (nSPS) is 24.2. The van der Waals surface area contributed by atoms with Crippen LogP contribution in [0, 0.1) is 11.7 Å². The minimum Gasteiger partial charge on any atom is -0.341 e. The van der Waals surface area contributed by atoms with Crippen molar-refractivity contribution in [1.82, 2.24) is 9.80 Å². The number of halogens is 1. The van der Waals surface area contributed by atoms with E-state index in [-0.39, 0.29) is 29.1 Å². The van der Waals surface area contributed by atoms with Crippen LogP contribution in [0.3, 0.4) is 0 Å². The molecule has 2 saturated heterocycles. The van der Waals surface area contributed by atoms with Gasteiger partial charge in [0, 0.05) is 39.1 Å². The Balaban J connectivity index is 1.49. The Morgan fingerprint density at radius 1 is 1.12 bits per heavy atom. The van der Waals surface area contributed by atoms with Crippen LogP contribution in [0.15, 0.2) is 24.3 Å². The molecule has 2 fully saturated rings. The molecule has 0 N–H and O–H groups in total. The molecule has 0 saturated carbocycles. The van der Waals surface area contributed by atoms with Crippen molar-refractivity contribution in [3.05, 3.63) is 35.6 Å². The highest BCUT2D eigenvalue weighted by molar-refractivity contribution is 7.91. The molecule has 5 nitrogen and oxygen atoms in total. The topological polar surface area (TPSA) is 57.7 Å². The monoisotopic (exact) mass is 368 g/mol. The first kappa shape index (κ1) is 18.3. The van der Waals surface area contributed by atoms with E-state index >= 15 is 0 Å². The molecule has 25 heavy (non-hydrogen) atoms. The molecule has 1 aromatic rings. The maximum Gasteiger partial charge on any atom is 0.222 e. The fraction of sp³-hybridized carbons (Fsp3) is 0.611. The van der Waals surface area contributed by atoms with Gasteiger partial charge in [-0.25, -0.2) is 12.8 Å².